The van der Waals surface area contributed by atoms with Crippen LogP contribution in [0.1, 0.15) is 23.3 Å². The largest absolute Gasteiger partial charge is 0.464 e. The molecule has 2 heterocycles. The fourth-order valence-electron chi connectivity index (χ4n) is 1.32. The lowest BCUT2D eigenvalue weighted by atomic mass is 10.1. The number of aromatic nitrogens is 2. The van der Waals surface area contributed by atoms with E-state index in [4.69, 9.17) is 9.68 Å². The highest BCUT2D eigenvalue weighted by molar-refractivity contribution is 5.25. The quantitative estimate of drug-likeness (QED) is 0.742. The molecule has 0 bridgehead atoms. The molecule has 0 aromatic carbocycles. The molecule has 74 valence electrons. The van der Waals surface area contributed by atoms with Gasteiger partial charge in [0.1, 0.15) is 11.5 Å². The Morgan fingerprint density at radius 2 is 2.07 bits per heavy atom. The van der Waals surface area contributed by atoms with E-state index in [9.17, 15) is 0 Å². The van der Waals surface area contributed by atoms with Crippen LogP contribution >= 0.6 is 0 Å². The first kappa shape index (κ1) is 9.41. The van der Waals surface area contributed by atoms with E-state index in [1.807, 2.05) is 13.0 Å². The zero-order chi connectivity index (χ0) is 10.7. The Morgan fingerprint density at radius 1 is 1.33 bits per heavy atom. The molecule has 4 nitrogen and oxygen atoms in total. The third-order valence-corrected chi connectivity index (χ3v) is 2.02. The van der Waals surface area contributed by atoms with Gasteiger partial charge in [-0.2, -0.15) is 5.26 Å². The number of nitriles is 1. The number of aryl methyl sites for hydroxylation is 1. The van der Waals surface area contributed by atoms with Gasteiger partial charge < -0.3 is 4.42 Å². The lowest BCUT2D eigenvalue weighted by Crippen LogP contribution is -2.01. The molecule has 2 aromatic heterocycles. The van der Waals surface area contributed by atoms with Crippen LogP contribution < -0.4 is 0 Å². The van der Waals surface area contributed by atoms with Crippen LogP contribution in [0.2, 0.25) is 0 Å². The standard InChI is InChI=1S/C11H9N3O/c1-8-3-4-10(15-8)9(7-12)11-13-5-2-6-14-11/h2-6,9H,1H3. The van der Waals surface area contributed by atoms with Crippen molar-refractivity contribution >= 4 is 0 Å². The van der Waals surface area contributed by atoms with Crippen LogP contribution in [0.5, 0.6) is 0 Å². The fourth-order valence-corrected chi connectivity index (χ4v) is 1.32. The molecule has 0 fully saturated rings. The maximum atomic E-state index is 9.05. The Hall–Kier alpha value is -2.15. The average Bonchev–Trinajstić information content (AvgIpc) is 2.68. The summed E-state index contributed by atoms with van der Waals surface area (Å²) < 4.78 is 5.39. The van der Waals surface area contributed by atoms with Gasteiger partial charge in [-0.25, -0.2) is 9.97 Å². The summed E-state index contributed by atoms with van der Waals surface area (Å²) in [7, 11) is 0. The van der Waals surface area contributed by atoms with E-state index in [-0.39, 0.29) is 0 Å². The van der Waals surface area contributed by atoms with Gasteiger partial charge in [0.05, 0.1) is 6.07 Å². The second-order valence-electron chi connectivity index (χ2n) is 3.12. The molecular weight excluding hydrogens is 190 g/mol. The van der Waals surface area contributed by atoms with Crippen LogP contribution in [0.3, 0.4) is 0 Å². The highest BCUT2D eigenvalue weighted by Crippen LogP contribution is 2.22. The van der Waals surface area contributed by atoms with Crippen molar-refractivity contribution in [3.8, 4) is 6.07 Å². The Morgan fingerprint density at radius 3 is 2.60 bits per heavy atom. The molecule has 2 aromatic rings. The van der Waals surface area contributed by atoms with Crippen LogP contribution in [0.4, 0.5) is 0 Å². The first-order valence-corrected chi connectivity index (χ1v) is 4.54. The van der Waals surface area contributed by atoms with Crippen LogP contribution in [-0.2, 0) is 0 Å². The van der Waals surface area contributed by atoms with Crippen molar-refractivity contribution in [3.05, 3.63) is 47.9 Å². The van der Waals surface area contributed by atoms with E-state index in [1.54, 1.807) is 24.5 Å². The summed E-state index contributed by atoms with van der Waals surface area (Å²) in [4.78, 5) is 8.08. The minimum absolute atomic E-state index is 0.467. The summed E-state index contributed by atoms with van der Waals surface area (Å²) in [6, 6.07) is 7.44. The zero-order valence-electron chi connectivity index (χ0n) is 8.21. The van der Waals surface area contributed by atoms with Gasteiger partial charge in [-0.1, -0.05) is 0 Å². The van der Waals surface area contributed by atoms with E-state index >= 15 is 0 Å². The van der Waals surface area contributed by atoms with Gasteiger partial charge in [-0.15, -0.1) is 0 Å². The predicted octanol–water partition coefficient (Wildman–Crippen LogP) is 2.03. The molecule has 0 saturated carbocycles. The number of rotatable bonds is 2. The fraction of sp³-hybridized carbons (Fsp3) is 0.182. The molecule has 0 aliphatic heterocycles. The van der Waals surface area contributed by atoms with Crippen molar-refractivity contribution in [1.82, 2.24) is 9.97 Å². The van der Waals surface area contributed by atoms with Gasteiger partial charge in [-0.05, 0) is 25.1 Å². The Kier molecular flexibility index (Phi) is 2.46. The first-order chi connectivity index (χ1) is 7.31. The SMILES string of the molecule is Cc1ccc(C(C#N)c2ncccn2)o1. The lowest BCUT2D eigenvalue weighted by molar-refractivity contribution is 0.478. The monoisotopic (exact) mass is 199 g/mol. The first-order valence-electron chi connectivity index (χ1n) is 4.54. The second kappa shape index (κ2) is 3.93. The molecule has 0 aliphatic carbocycles. The molecule has 0 N–H and O–H groups in total. The topological polar surface area (TPSA) is 62.7 Å². The normalized spacial score (nSPS) is 12.0. The third-order valence-electron chi connectivity index (χ3n) is 2.02. The van der Waals surface area contributed by atoms with Gasteiger partial charge in [0.2, 0.25) is 0 Å². The molecule has 1 atom stereocenters. The lowest BCUT2D eigenvalue weighted by Gasteiger charge is -2.02. The van der Waals surface area contributed by atoms with E-state index < -0.39 is 5.92 Å². The van der Waals surface area contributed by atoms with Crippen LogP contribution in [0.15, 0.2) is 35.0 Å². The van der Waals surface area contributed by atoms with Crippen LogP contribution in [0, 0.1) is 18.3 Å². The predicted molar refractivity (Wildman–Crippen MR) is 52.9 cm³/mol. The average molecular weight is 199 g/mol. The highest BCUT2D eigenvalue weighted by Gasteiger charge is 2.19. The molecule has 0 radical (unpaired) electrons. The second-order valence-corrected chi connectivity index (χ2v) is 3.12. The smallest absolute Gasteiger partial charge is 0.163 e. The van der Waals surface area contributed by atoms with Gasteiger partial charge in [0.25, 0.3) is 0 Å². The van der Waals surface area contributed by atoms with Gasteiger partial charge in [0.15, 0.2) is 11.7 Å². The maximum absolute atomic E-state index is 9.05. The van der Waals surface area contributed by atoms with Crippen molar-refractivity contribution in [2.75, 3.05) is 0 Å². The Bertz CT molecular complexity index is 484. The highest BCUT2D eigenvalue weighted by atomic mass is 16.3. The molecule has 4 heteroatoms. The number of hydrogen-bond donors (Lipinski definition) is 0. The maximum Gasteiger partial charge on any atom is 0.163 e. The van der Waals surface area contributed by atoms with Crippen molar-refractivity contribution < 1.29 is 4.42 Å². The van der Waals surface area contributed by atoms with Gasteiger partial charge in [0, 0.05) is 12.4 Å². The van der Waals surface area contributed by atoms with Crippen molar-refractivity contribution in [2.24, 2.45) is 0 Å². The summed E-state index contributed by atoms with van der Waals surface area (Å²) in [5, 5.41) is 9.05. The molecule has 15 heavy (non-hydrogen) atoms. The van der Waals surface area contributed by atoms with Gasteiger partial charge in [-0.3, -0.25) is 0 Å². The van der Waals surface area contributed by atoms with Crippen molar-refractivity contribution in [3.63, 3.8) is 0 Å². The van der Waals surface area contributed by atoms with E-state index in [0.717, 1.165) is 5.76 Å². The molecule has 1 unspecified atom stereocenters. The van der Waals surface area contributed by atoms with Crippen LogP contribution in [0.25, 0.3) is 0 Å². The molecule has 0 saturated heterocycles. The summed E-state index contributed by atoms with van der Waals surface area (Å²) in [5.41, 5.74) is 0. The Balaban J connectivity index is 2.38. The van der Waals surface area contributed by atoms with Gasteiger partial charge >= 0.3 is 0 Å². The Labute approximate surface area is 87.2 Å². The zero-order valence-corrected chi connectivity index (χ0v) is 8.21. The number of nitrogens with zero attached hydrogens (tertiary/aromatic N) is 3. The molecule has 0 spiro atoms. The summed E-state index contributed by atoms with van der Waals surface area (Å²) in [6.45, 7) is 1.84. The number of furan rings is 1. The molecular formula is C11H9N3O. The molecule has 0 amide bonds. The van der Waals surface area contributed by atoms with E-state index in [1.165, 1.54) is 0 Å². The minimum atomic E-state index is -0.528. The minimum Gasteiger partial charge on any atom is -0.464 e. The van der Waals surface area contributed by atoms with E-state index in [2.05, 4.69) is 16.0 Å². The molecule has 2 rings (SSSR count). The molecule has 0 aliphatic rings. The van der Waals surface area contributed by atoms with Crippen molar-refractivity contribution in [2.45, 2.75) is 12.8 Å². The van der Waals surface area contributed by atoms with Crippen molar-refractivity contribution in [1.29, 1.82) is 5.26 Å². The van der Waals surface area contributed by atoms with E-state index in [0.29, 0.717) is 11.6 Å². The third kappa shape index (κ3) is 1.86. The summed E-state index contributed by atoms with van der Waals surface area (Å²) in [6.07, 6.45) is 3.23. The summed E-state index contributed by atoms with van der Waals surface area (Å²) >= 11 is 0. The summed E-state index contributed by atoms with van der Waals surface area (Å²) in [5.74, 6) is 1.30. The van der Waals surface area contributed by atoms with Crippen LogP contribution in [-0.4, -0.2) is 9.97 Å². The number of hydrogen-bond acceptors (Lipinski definition) is 4.